The molecule has 0 aliphatic rings. The molecule has 0 amide bonds. The average molecular weight is 157 g/mol. The van der Waals surface area contributed by atoms with Gasteiger partial charge in [-0.25, -0.2) is 4.98 Å². The van der Waals surface area contributed by atoms with E-state index in [9.17, 15) is 0 Å². The molecule has 0 spiro atoms. The Labute approximate surface area is 65.0 Å². The molecular weight excluding hydrogens is 146 g/mol. The summed E-state index contributed by atoms with van der Waals surface area (Å²) >= 11 is 1.63. The monoisotopic (exact) mass is 157 g/mol. The molecule has 0 N–H and O–H groups in total. The third kappa shape index (κ3) is 1.53. The fourth-order valence-electron chi connectivity index (χ4n) is 0.629. The Morgan fingerprint density at radius 2 is 2.20 bits per heavy atom. The number of hydrogen-bond acceptors (Lipinski definition) is 3. The first-order chi connectivity index (χ1) is 4.74. The predicted octanol–water partition coefficient (Wildman–Crippen LogP) is 2.40. The molecular formula is C7H11NOS. The minimum atomic E-state index is 0.789. The number of rotatable bonds is 2. The van der Waals surface area contributed by atoms with Crippen LogP contribution in [-0.2, 0) is 0 Å². The van der Waals surface area contributed by atoms with Crippen LogP contribution < -0.4 is 0 Å². The van der Waals surface area contributed by atoms with E-state index in [2.05, 4.69) is 11.9 Å². The van der Waals surface area contributed by atoms with E-state index in [1.807, 2.05) is 13.8 Å². The molecule has 56 valence electrons. The quantitative estimate of drug-likeness (QED) is 0.616. The van der Waals surface area contributed by atoms with Crippen LogP contribution >= 0.6 is 11.8 Å². The highest BCUT2D eigenvalue weighted by molar-refractivity contribution is 7.99. The largest absolute Gasteiger partial charge is 0.437 e. The first kappa shape index (κ1) is 7.66. The lowest BCUT2D eigenvalue weighted by molar-refractivity contribution is 0.431. The van der Waals surface area contributed by atoms with Crippen molar-refractivity contribution in [2.45, 2.75) is 26.0 Å². The fraction of sp³-hybridized carbons (Fsp3) is 0.571. The van der Waals surface area contributed by atoms with Gasteiger partial charge in [-0.05, 0) is 19.6 Å². The zero-order valence-electron chi connectivity index (χ0n) is 6.47. The van der Waals surface area contributed by atoms with Crippen LogP contribution in [0, 0.1) is 13.8 Å². The maximum Gasteiger partial charge on any atom is 0.256 e. The smallest absolute Gasteiger partial charge is 0.256 e. The summed E-state index contributed by atoms with van der Waals surface area (Å²) in [7, 11) is 0. The van der Waals surface area contributed by atoms with Gasteiger partial charge in [-0.3, -0.25) is 0 Å². The highest BCUT2D eigenvalue weighted by Gasteiger charge is 2.03. The van der Waals surface area contributed by atoms with Gasteiger partial charge < -0.3 is 4.42 Å². The Morgan fingerprint density at radius 3 is 2.60 bits per heavy atom. The van der Waals surface area contributed by atoms with Crippen molar-refractivity contribution in [1.82, 2.24) is 4.98 Å². The van der Waals surface area contributed by atoms with E-state index >= 15 is 0 Å². The van der Waals surface area contributed by atoms with Crippen LogP contribution in [0.25, 0.3) is 0 Å². The maximum absolute atomic E-state index is 5.31. The number of nitrogens with zero attached hydrogens (tertiary/aromatic N) is 1. The maximum atomic E-state index is 5.31. The molecule has 0 aliphatic carbocycles. The molecule has 2 nitrogen and oxygen atoms in total. The van der Waals surface area contributed by atoms with Gasteiger partial charge in [-0.15, -0.1) is 0 Å². The standard InChI is InChI=1S/C7H11NOS/c1-4-10-7-8-5(2)6(3)9-7/h4H2,1-3H3. The summed E-state index contributed by atoms with van der Waals surface area (Å²) in [5, 5.41) is 0.789. The van der Waals surface area contributed by atoms with Crippen molar-refractivity contribution < 1.29 is 4.42 Å². The van der Waals surface area contributed by atoms with Crippen molar-refractivity contribution in [2.75, 3.05) is 5.75 Å². The van der Waals surface area contributed by atoms with E-state index in [0.29, 0.717) is 0 Å². The summed E-state index contributed by atoms with van der Waals surface area (Å²) in [6, 6.07) is 0. The molecule has 1 aromatic rings. The summed E-state index contributed by atoms with van der Waals surface area (Å²) in [6.45, 7) is 5.97. The third-order valence-electron chi connectivity index (χ3n) is 1.28. The molecule has 0 saturated heterocycles. The molecule has 0 radical (unpaired) electrons. The van der Waals surface area contributed by atoms with Gasteiger partial charge in [0.1, 0.15) is 5.76 Å². The van der Waals surface area contributed by atoms with Crippen molar-refractivity contribution >= 4 is 11.8 Å². The number of aryl methyl sites for hydroxylation is 2. The second-order valence-corrected chi connectivity index (χ2v) is 3.27. The van der Waals surface area contributed by atoms with Crippen LogP contribution in [0.2, 0.25) is 0 Å². The Hall–Kier alpha value is -0.440. The summed E-state index contributed by atoms with van der Waals surface area (Å²) in [6.07, 6.45) is 0. The highest BCUT2D eigenvalue weighted by atomic mass is 32.2. The lowest BCUT2D eigenvalue weighted by Crippen LogP contribution is -1.72. The number of oxazole rings is 1. The van der Waals surface area contributed by atoms with Crippen LogP contribution in [0.4, 0.5) is 0 Å². The first-order valence-corrected chi connectivity index (χ1v) is 4.29. The molecule has 0 atom stereocenters. The zero-order valence-corrected chi connectivity index (χ0v) is 7.29. The van der Waals surface area contributed by atoms with Crippen LogP contribution in [0.3, 0.4) is 0 Å². The average Bonchev–Trinajstić information content (AvgIpc) is 2.14. The second kappa shape index (κ2) is 3.10. The molecule has 3 heteroatoms. The van der Waals surface area contributed by atoms with Crippen LogP contribution in [-0.4, -0.2) is 10.7 Å². The van der Waals surface area contributed by atoms with Crippen LogP contribution in [0.5, 0.6) is 0 Å². The topological polar surface area (TPSA) is 26.0 Å². The first-order valence-electron chi connectivity index (χ1n) is 3.31. The molecule has 0 aliphatic heterocycles. The van der Waals surface area contributed by atoms with E-state index in [1.54, 1.807) is 11.8 Å². The minimum Gasteiger partial charge on any atom is -0.437 e. The molecule has 0 unspecified atom stereocenters. The summed E-state index contributed by atoms with van der Waals surface area (Å²) in [5.41, 5.74) is 0.996. The number of aromatic nitrogens is 1. The van der Waals surface area contributed by atoms with Gasteiger partial charge >= 0.3 is 0 Å². The van der Waals surface area contributed by atoms with Gasteiger partial charge in [0.05, 0.1) is 5.69 Å². The van der Waals surface area contributed by atoms with E-state index in [1.165, 1.54) is 0 Å². The molecule has 0 saturated carbocycles. The van der Waals surface area contributed by atoms with Gasteiger partial charge in [-0.1, -0.05) is 18.7 Å². The molecule has 0 fully saturated rings. The Kier molecular flexibility index (Phi) is 2.38. The fourth-order valence-corrected chi connectivity index (χ4v) is 1.26. The van der Waals surface area contributed by atoms with E-state index in [4.69, 9.17) is 4.42 Å². The lowest BCUT2D eigenvalue weighted by Gasteiger charge is -1.85. The Morgan fingerprint density at radius 1 is 1.50 bits per heavy atom. The summed E-state index contributed by atoms with van der Waals surface area (Å²) in [4.78, 5) is 4.20. The second-order valence-electron chi connectivity index (χ2n) is 2.05. The third-order valence-corrected chi connectivity index (χ3v) is 1.99. The van der Waals surface area contributed by atoms with E-state index < -0.39 is 0 Å². The summed E-state index contributed by atoms with van der Waals surface area (Å²) in [5.74, 6) is 1.94. The van der Waals surface area contributed by atoms with Crippen LogP contribution in [0.1, 0.15) is 18.4 Å². The molecule has 1 rings (SSSR count). The number of hydrogen-bond donors (Lipinski definition) is 0. The summed E-state index contributed by atoms with van der Waals surface area (Å²) < 4.78 is 5.31. The van der Waals surface area contributed by atoms with Gasteiger partial charge in [-0.2, -0.15) is 0 Å². The van der Waals surface area contributed by atoms with E-state index in [-0.39, 0.29) is 0 Å². The van der Waals surface area contributed by atoms with Crippen LogP contribution in [0.15, 0.2) is 9.64 Å². The van der Waals surface area contributed by atoms with Gasteiger partial charge in [0, 0.05) is 0 Å². The molecule has 1 heterocycles. The van der Waals surface area contributed by atoms with Gasteiger partial charge in [0.2, 0.25) is 0 Å². The van der Waals surface area contributed by atoms with Crippen molar-refractivity contribution in [2.24, 2.45) is 0 Å². The van der Waals surface area contributed by atoms with Gasteiger partial charge in [0.25, 0.3) is 5.22 Å². The predicted molar refractivity (Wildman–Crippen MR) is 42.4 cm³/mol. The van der Waals surface area contributed by atoms with Crippen molar-refractivity contribution in [3.8, 4) is 0 Å². The highest BCUT2D eigenvalue weighted by Crippen LogP contribution is 2.18. The zero-order chi connectivity index (χ0) is 7.56. The molecule has 0 aromatic carbocycles. The normalized spacial score (nSPS) is 10.3. The van der Waals surface area contributed by atoms with Crippen molar-refractivity contribution in [3.63, 3.8) is 0 Å². The minimum absolute atomic E-state index is 0.789. The Balaban J connectivity index is 2.77. The van der Waals surface area contributed by atoms with E-state index in [0.717, 1.165) is 22.4 Å². The number of thioether (sulfide) groups is 1. The van der Waals surface area contributed by atoms with Crippen molar-refractivity contribution in [3.05, 3.63) is 11.5 Å². The lowest BCUT2D eigenvalue weighted by atomic mass is 10.4. The van der Waals surface area contributed by atoms with Crippen molar-refractivity contribution in [1.29, 1.82) is 0 Å². The molecule has 10 heavy (non-hydrogen) atoms. The Bertz CT molecular complexity index is 200. The molecule has 0 bridgehead atoms. The molecule has 1 aromatic heterocycles. The van der Waals surface area contributed by atoms with Gasteiger partial charge in [0.15, 0.2) is 0 Å². The SMILES string of the molecule is CCSc1nc(C)c(C)o1.